The Kier molecular flexibility index (Phi) is 6.23. The monoisotopic (exact) mass is 464 g/mol. The van der Waals surface area contributed by atoms with E-state index in [-0.39, 0.29) is 5.91 Å². The molecule has 0 radical (unpaired) electrons. The number of carboxylic acid groups (broad SMARTS) is 1. The number of nitrogens with one attached hydrogen (secondary N) is 2. The predicted octanol–water partition coefficient (Wildman–Crippen LogP) is 6.29. The third-order valence-corrected chi connectivity index (χ3v) is 7.09. The van der Waals surface area contributed by atoms with Crippen molar-refractivity contribution in [1.29, 1.82) is 0 Å². The van der Waals surface area contributed by atoms with Crippen molar-refractivity contribution >= 4 is 23.3 Å². The topological polar surface area (TPSA) is 87.7 Å². The van der Waals surface area contributed by atoms with Crippen LogP contribution in [-0.2, 0) is 14.3 Å². The van der Waals surface area contributed by atoms with Gasteiger partial charge in [0.25, 0.3) is 0 Å². The quantitative estimate of drug-likeness (QED) is 0.495. The van der Waals surface area contributed by atoms with Crippen LogP contribution in [0.1, 0.15) is 81.2 Å². The minimum atomic E-state index is -1.18. The molecule has 1 aliphatic carbocycles. The number of aliphatic carboxylic acids is 1. The molecule has 4 rings (SSSR count). The third-order valence-electron chi connectivity index (χ3n) is 7.09. The van der Waals surface area contributed by atoms with Crippen molar-refractivity contribution in [2.45, 2.75) is 90.9 Å². The van der Waals surface area contributed by atoms with Gasteiger partial charge >= 0.3 is 5.97 Å². The molecular weight excluding hydrogens is 428 g/mol. The lowest BCUT2D eigenvalue weighted by Gasteiger charge is -2.43. The molecule has 6 nitrogen and oxygen atoms in total. The van der Waals surface area contributed by atoms with Crippen LogP contribution in [0.25, 0.3) is 11.1 Å². The van der Waals surface area contributed by atoms with Crippen molar-refractivity contribution in [3.05, 3.63) is 46.5 Å². The highest BCUT2D eigenvalue weighted by atomic mass is 16.5. The number of carbonyl (C=O) groups excluding carboxylic acids is 1. The zero-order valence-corrected chi connectivity index (χ0v) is 21.1. The van der Waals surface area contributed by atoms with Gasteiger partial charge in [0.15, 0.2) is 6.10 Å². The largest absolute Gasteiger partial charge is 0.479 e. The van der Waals surface area contributed by atoms with Crippen molar-refractivity contribution in [2.75, 3.05) is 10.6 Å². The Balaban J connectivity index is 1.99. The molecule has 2 aliphatic rings. The highest BCUT2D eigenvalue weighted by Gasteiger charge is 2.45. The number of carboxylic acids is 1. The molecule has 1 amide bonds. The van der Waals surface area contributed by atoms with E-state index in [0.717, 1.165) is 65.6 Å². The number of rotatable bonds is 4. The van der Waals surface area contributed by atoms with Crippen molar-refractivity contribution < 1.29 is 19.4 Å². The highest BCUT2D eigenvalue weighted by Crippen LogP contribution is 2.49. The molecule has 0 saturated heterocycles. The molecule has 34 heavy (non-hydrogen) atoms. The second kappa shape index (κ2) is 8.73. The summed E-state index contributed by atoms with van der Waals surface area (Å²) in [5.74, 6) is -1.08. The van der Waals surface area contributed by atoms with E-state index in [1.54, 1.807) is 0 Å². The van der Waals surface area contributed by atoms with Crippen LogP contribution >= 0.6 is 0 Å². The van der Waals surface area contributed by atoms with Crippen molar-refractivity contribution in [3.63, 3.8) is 0 Å². The molecule has 1 fully saturated rings. The van der Waals surface area contributed by atoms with E-state index < -0.39 is 23.2 Å². The number of ether oxygens (including phenoxy) is 1. The summed E-state index contributed by atoms with van der Waals surface area (Å²) in [7, 11) is 0. The molecule has 0 bridgehead atoms. The van der Waals surface area contributed by atoms with Gasteiger partial charge in [0.05, 0.1) is 17.0 Å². The lowest BCUT2D eigenvalue weighted by molar-refractivity contribution is -0.160. The SMILES string of the molecule is Cc1ccc(-c2c(C)c3c(c(C)c2[C@H](OC(C)(C)C)C(=O)O)NC(=O)C2(CCCCC2)N3)cc1. The van der Waals surface area contributed by atoms with Gasteiger partial charge in [-0.15, -0.1) is 0 Å². The average molecular weight is 465 g/mol. The Hall–Kier alpha value is -2.86. The lowest BCUT2D eigenvalue weighted by atomic mass is 9.77. The van der Waals surface area contributed by atoms with Gasteiger partial charge in [-0.3, -0.25) is 4.79 Å². The molecule has 1 atom stereocenters. The van der Waals surface area contributed by atoms with Crippen LogP contribution in [0.15, 0.2) is 24.3 Å². The summed E-state index contributed by atoms with van der Waals surface area (Å²) in [6.07, 6.45) is 3.57. The van der Waals surface area contributed by atoms with Gasteiger partial charge in [-0.1, -0.05) is 49.1 Å². The van der Waals surface area contributed by atoms with Crippen LogP contribution in [0, 0.1) is 20.8 Å². The number of amides is 1. The number of aryl methyl sites for hydroxylation is 1. The molecule has 0 aromatic heterocycles. The van der Waals surface area contributed by atoms with Crippen molar-refractivity contribution in [1.82, 2.24) is 0 Å². The van der Waals surface area contributed by atoms with E-state index in [1.165, 1.54) is 0 Å². The minimum Gasteiger partial charge on any atom is -0.479 e. The van der Waals surface area contributed by atoms with E-state index in [2.05, 4.69) is 10.6 Å². The van der Waals surface area contributed by atoms with Crippen LogP contribution in [0.2, 0.25) is 0 Å². The second-order valence-corrected chi connectivity index (χ2v) is 10.8. The summed E-state index contributed by atoms with van der Waals surface area (Å²) in [6.45, 7) is 11.5. The van der Waals surface area contributed by atoms with E-state index in [9.17, 15) is 14.7 Å². The Bertz CT molecular complexity index is 1120. The molecule has 6 heteroatoms. The van der Waals surface area contributed by atoms with Crippen molar-refractivity contribution in [3.8, 4) is 11.1 Å². The maximum Gasteiger partial charge on any atom is 0.337 e. The first kappa shape index (κ1) is 24.3. The van der Waals surface area contributed by atoms with E-state index >= 15 is 0 Å². The zero-order chi connectivity index (χ0) is 24.8. The zero-order valence-electron chi connectivity index (χ0n) is 21.1. The summed E-state index contributed by atoms with van der Waals surface area (Å²) in [5.41, 5.74) is 5.42. The second-order valence-electron chi connectivity index (χ2n) is 10.8. The normalized spacial score (nSPS) is 18.1. The summed E-state index contributed by atoms with van der Waals surface area (Å²) < 4.78 is 6.10. The van der Waals surface area contributed by atoms with Gasteiger partial charge in [0.2, 0.25) is 5.91 Å². The first-order valence-electron chi connectivity index (χ1n) is 12.2. The Morgan fingerprint density at radius 1 is 1.00 bits per heavy atom. The maximum absolute atomic E-state index is 13.3. The average Bonchev–Trinajstić information content (AvgIpc) is 2.77. The van der Waals surface area contributed by atoms with Gasteiger partial charge in [-0.05, 0) is 76.6 Å². The summed E-state index contributed by atoms with van der Waals surface area (Å²) in [4.78, 5) is 25.8. The number of anilines is 2. The van der Waals surface area contributed by atoms with Crippen LogP contribution in [0.5, 0.6) is 0 Å². The molecule has 3 N–H and O–H groups in total. The lowest BCUT2D eigenvalue weighted by Crippen LogP contribution is -2.54. The summed E-state index contributed by atoms with van der Waals surface area (Å²) in [6, 6.07) is 8.12. The Morgan fingerprint density at radius 3 is 2.18 bits per heavy atom. The molecule has 1 saturated carbocycles. The third kappa shape index (κ3) is 4.31. The molecular formula is C28H36N2O4. The van der Waals surface area contributed by atoms with Gasteiger partial charge in [0, 0.05) is 5.56 Å². The van der Waals surface area contributed by atoms with Crippen molar-refractivity contribution in [2.24, 2.45) is 0 Å². The number of hydrogen-bond donors (Lipinski definition) is 3. The number of fused-ring (bicyclic) bond motifs is 1. The first-order valence-corrected chi connectivity index (χ1v) is 12.2. The standard InChI is InChI=1S/C28H36N2O4/c1-16-10-12-19(13-11-16)20-17(2)23-22(29-26(33)28(30-23)14-8-7-9-15-28)18(3)21(20)24(25(31)32)34-27(4,5)6/h10-13,24,30H,7-9,14-15H2,1-6H3,(H,29,33)(H,31,32)/t24-/m0/s1. The van der Waals surface area contributed by atoms with Gasteiger partial charge < -0.3 is 20.5 Å². The molecule has 182 valence electrons. The van der Waals surface area contributed by atoms with Gasteiger partial charge in [-0.25, -0.2) is 4.79 Å². The van der Waals surface area contributed by atoms with Crippen LogP contribution in [0.3, 0.4) is 0 Å². The number of hydrogen-bond acceptors (Lipinski definition) is 4. The maximum atomic E-state index is 13.3. The molecule has 0 unspecified atom stereocenters. The number of carbonyl (C=O) groups is 2. The Morgan fingerprint density at radius 2 is 1.62 bits per heavy atom. The minimum absolute atomic E-state index is 0.0279. The summed E-state index contributed by atoms with van der Waals surface area (Å²) >= 11 is 0. The Labute approximate surface area is 202 Å². The van der Waals surface area contributed by atoms with E-state index in [1.807, 2.05) is 65.8 Å². The van der Waals surface area contributed by atoms with Crippen LogP contribution in [-0.4, -0.2) is 28.1 Å². The number of benzene rings is 2. The smallest absolute Gasteiger partial charge is 0.337 e. The van der Waals surface area contributed by atoms with Gasteiger partial charge in [0.1, 0.15) is 5.54 Å². The van der Waals surface area contributed by atoms with Gasteiger partial charge in [-0.2, -0.15) is 0 Å². The fourth-order valence-electron chi connectivity index (χ4n) is 5.38. The molecule has 1 aliphatic heterocycles. The first-order chi connectivity index (χ1) is 15.9. The van der Waals surface area contributed by atoms with Crippen LogP contribution in [0.4, 0.5) is 11.4 Å². The summed E-state index contributed by atoms with van der Waals surface area (Å²) in [5, 5.41) is 17.0. The van der Waals surface area contributed by atoms with E-state index in [0.29, 0.717) is 11.3 Å². The molecule has 2 aromatic rings. The van der Waals surface area contributed by atoms with Crippen LogP contribution < -0.4 is 10.6 Å². The molecule has 2 aromatic carbocycles. The fraction of sp³-hybridized carbons (Fsp3) is 0.500. The highest BCUT2D eigenvalue weighted by molar-refractivity contribution is 6.09. The predicted molar refractivity (Wildman–Crippen MR) is 135 cm³/mol. The molecule has 1 heterocycles. The fourth-order valence-corrected chi connectivity index (χ4v) is 5.38. The van der Waals surface area contributed by atoms with E-state index in [4.69, 9.17) is 4.74 Å². The molecule has 1 spiro atoms.